The summed E-state index contributed by atoms with van der Waals surface area (Å²) in [4.78, 5) is 0. The van der Waals surface area contributed by atoms with Crippen molar-refractivity contribution in [3.63, 3.8) is 0 Å². The van der Waals surface area contributed by atoms with E-state index in [2.05, 4.69) is 0 Å². The van der Waals surface area contributed by atoms with Crippen molar-refractivity contribution in [3.8, 4) is 0 Å². The van der Waals surface area contributed by atoms with Gasteiger partial charge in [0.05, 0.1) is 0 Å². The Morgan fingerprint density at radius 3 is 0.824 bits per heavy atom. The third-order valence-electron chi connectivity index (χ3n) is 5.42. The van der Waals surface area contributed by atoms with Crippen LogP contribution in [0.4, 0.5) is 52.7 Å². The van der Waals surface area contributed by atoms with Gasteiger partial charge in [-0.25, -0.2) is 52.7 Å². The van der Waals surface area contributed by atoms with Crippen molar-refractivity contribution >= 4 is 27.4 Å². The first-order chi connectivity index (χ1) is 15.7. The fourth-order valence-corrected chi connectivity index (χ4v) is 6.72. The molecule has 0 fully saturated rings. The van der Waals surface area contributed by atoms with Gasteiger partial charge >= 0.3 is 14.1 Å². The van der Waals surface area contributed by atoms with Gasteiger partial charge in [0.1, 0.15) is 29.1 Å². The molecule has 3 aromatic carbocycles. The van der Waals surface area contributed by atoms with E-state index in [9.17, 15) is 52.7 Å². The van der Waals surface area contributed by atoms with Crippen molar-refractivity contribution in [1.29, 1.82) is 0 Å². The molecular formula is C21H9AlF12. The summed E-state index contributed by atoms with van der Waals surface area (Å²) in [6, 6.07) is 0. The maximum Gasteiger partial charge on any atom is 0.412 e. The zero-order valence-electron chi connectivity index (χ0n) is 17.1. The van der Waals surface area contributed by atoms with Crippen LogP contribution in [0, 0.1) is 90.6 Å². The van der Waals surface area contributed by atoms with Gasteiger partial charge in [-0.05, 0) is 34.0 Å². The molecule has 180 valence electrons. The predicted molar refractivity (Wildman–Crippen MR) is 97.7 cm³/mol. The van der Waals surface area contributed by atoms with Crippen LogP contribution in [0.2, 0.25) is 0 Å². The monoisotopic (exact) mass is 516 g/mol. The summed E-state index contributed by atoms with van der Waals surface area (Å²) < 4.78 is 168. The van der Waals surface area contributed by atoms with Gasteiger partial charge in [-0.3, -0.25) is 0 Å². The Morgan fingerprint density at radius 2 is 0.500 bits per heavy atom. The molecule has 0 N–H and O–H groups in total. The molecule has 0 radical (unpaired) electrons. The molecule has 0 nitrogen and oxygen atoms in total. The molecule has 0 aromatic heterocycles. The quantitative estimate of drug-likeness (QED) is 0.203. The fraction of sp³-hybridized carbons (Fsp3) is 0.143. The van der Waals surface area contributed by atoms with Crippen LogP contribution in [0.3, 0.4) is 0 Å². The molecule has 0 atom stereocenters. The van der Waals surface area contributed by atoms with E-state index >= 15 is 0 Å². The SMILES string of the molecule is Cc1c(F)c(F)[c]([Al]([c]2c(F)c(C)c(F)c(F)c2F)[c]2c(F)c(F)c(C)c(F)c2F)c(F)c1F. The molecule has 0 heterocycles. The van der Waals surface area contributed by atoms with Crippen LogP contribution < -0.4 is 13.3 Å². The summed E-state index contributed by atoms with van der Waals surface area (Å²) in [6.07, 6.45) is 0. The highest BCUT2D eigenvalue weighted by atomic mass is 27.2. The Balaban J connectivity index is 2.68. The van der Waals surface area contributed by atoms with E-state index in [1.54, 1.807) is 0 Å². The van der Waals surface area contributed by atoms with Crippen LogP contribution >= 0.6 is 0 Å². The van der Waals surface area contributed by atoms with Crippen LogP contribution in [0.1, 0.15) is 16.7 Å². The molecule has 0 bridgehead atoms. The van der Waals surface area contributed by atoms with Gasteiger partial charge in [-0.15, -0.1) is 0 Å². The minimum absolute atomic E-state index is 0.508. The van der Waals surface area contributed by atoms with Crippen LogP contribution in [0.25, 0.3) is 0 Å². The molecule has 0 aliphatic carbocycles. The Kier molecular flexibility index (Phi) is 6.76. The maximum atomic E-state index is 14.9. The van der Waals surface area contributed by atoms with Crippen LogP contribution in [0.15, 0.2) is 0 Å². The van der Waals surface area contributed by atoms with Gasteiger partial charge in [0.15, 0.2) is 40.7 Å². The van der Waals surface area contributed by atoms with E-state index in [4.69, 9.17) is 0 Å². The summed E-state index contributed by atoms with van der Waals surface area (Å²) in [6.45, 7) is 1.60. The van der Waals surface area contributed by atoms with Gasteiger partial charge < -0.3 is 0 Å². The molecule has 0 spiro atoms. The van der Waals surface area contributed by atoms with Crippen molar-refractivity contribution in [2.75, 3.05) is 0 Å². The van der Waals surface area contributed by atoms with Gasteiger partial charge in [-0.2, -0.15) is 0 Å². The Labute approximate surface area is 187 Å². The van der Waals surface area contributed by atoms with E-state index in [0.717, 1.165) is 0 Å². The molecule has 3 rings (SSSR count). The average Bonchev–Trinajstić information content (AvgIpc) is 2.81. The van der Waals surface area contributed by atoms with Gasteiger partial charge in [0.25, 0.3) is 0 Å². The number of rotatable bonds is 3. The first-order valence-electron chi connectivity index (χ1n) is 9.13. The van der Waals surface area contributed by atoms with Crippen molar-refractivity contribution in [1.82, 2.24) is 0 Å². The van der Waals surface area contributed by atoms with Crippen molar-refractivity contribution in [2.45, 2.75) is 20.8 Å². The van der Waals surface area contributed by atoms with Crippen molar-refractivity contribution in [3.05, 3.63) is 86.5 Å². The predicted octanol–water partition coefficient (Wildman–Crippen LogP) is 4.80. The normalized spacial score (nSPS) is 11.4. The highest BCUT2D eigenvalue weighted by molar-refractivity contribution is 6.95. The Bertz CT molecular complexity index is 1110. The van der Waals surface area contributed by atoms with Gasteiger partial charge in [-0.1, -0.05) is 0 Å². The fourth-order valence-electron chi connectivity index (χ4n) is 3.48. The number of halogens is 12. The van der Waals surface area contributed by atoms with Crippen LogP contribution in [-0.4, -0.2) is 14.1 Å². The topological polar surface area (TPSA) is 0 Å². The van der Waals surface area contributed by atoms with E-state index < -0.39 is 114 Å². The minimum Gasteiger partial charge on any atom is -0.208 e. The van der Waals surface area contributed by atoms with Crippen LogP contribution in [0.5, 0.6) is 0 Å². The largest absolute Gasteiger partial charge is 0.412 e. The Morgan fingerprint density at radius 1 is 0.294 bits per heavy atom. The van der Waals surface area contributed by atoms with Crippen LogP contribution in [-0.2, 0) is 0 Å². The lowest BCUT2D eigenvalue weighted by molar-refractivity contribution is 0.434. The number of benzene rings is 3. The molecule has 13 heteroatoms. The molecule has 0 saturated carbocycles. The lowest BCUT2D eigenvalue weighted by atomic mass is 10.2. The minimum atomic E-state index is -5.39. The van der Waals surface area contributed by atoms with Gasteiger partial charge in [0.2, 0.25) is 0 Å². The summed E-state index contributed by atoms with van der Waals surface area (Å²) >= 11 is -5.39. The highest BCUT2D eigenvalue weighted by Crippen LogP contribution is 2.24. The molecule has 0 saturated heterocycles. The summed E-state index contributed by atoms with van der Waals surface area (Å²) in [5, 5.41) is 0. The second-order valence-electron chi connectivity index (χ2n) is 7.32. The number of hydrogen-bond donors (Lipinski definition) is 0. The summed E-state index contributed by atoms with van der Waals surface area (Å²) in [5.41, 5.74) is -3.90. The molecule has 34 heavy (non-hydrogen) atoms. The molecule has 0 unspecified atom stereocenters. The first kappa shape index (κ1) is 26.0. The molecule has 0 aliphatic heterocycles. The third kappa shape index (κ3) is 3.57. The first-order valence-corrected chi connectivity index (χ1v) is 10.9. The van der Waals surface area contributed by atoms with E-state index in [-0.39, 0.29) is 0 Å². The van der Waals surface area contributed by atoms with Crippen molar-refractivity contribution in [2.24, 2.45) is 0 Å². The summed E-state index contributed by atoms with van der Waals surface area (Å²) in [5.74, 6) is -27.5. The van der Waals surface area contributed by atoms with Gasteiger partial charge in [0, 0.05) is 16.7 Å². The third-order valence-corrected chi connectivity index (χ3v) is 8.67. The standard InChI is InChI=1S/3C7H3F4.Al/c2*1-3-6(10)4(8)2-5(9)7(3)11;1-3-4(8)2-5(9)7(11)6(3)10;/h3*1H3;. The smallest absolute Gasteiger partial charge is 0.208 e. The zero-order chi connectivity index (χ0) is 26.0. The second-order valence-corrected chi connectivity index (χ2v) is 9.91. The molecule has 0 aliphatic rings. The van der Waals surface area contributed by atoms with E-state index in [1.807, 2.05) is 0 Å². The lowest BCUT2D eigenvalue weighted by Crippen LogP contribution is -2.60. The molecule has 3 aromatic rings. The summed E-state index contributed by atoms with van der Waals surface area (Å²) in [7, 11) is 0. The average molecular weight is 516 g/mol. The molecular weight excluding hydrogens is 507 g/mol. The van der Waals surface area contributed by atoms with Crippen molar-refractivity contribution < 1.29 is 52.7 Å². The Hall–Kier alpha value is -2.65. The second kappa shape index (κ2) is 8.85. The lowest BCUT2D eigenvalue weighted by Gasteiger charge is -2.21. The van der Waals surface area contributed by atoms with E-state index in [0.29, 0.717) is 20.8 Å². The molecule has 0 amide bonds. The highest BCUT2D eigenvalue weighted by Gasteiger charge is 2.45. The maximum absolute atomic E-state index is 14.9. The van der Waals surface area contributed by atoms with E-state index in [1.165, 1.54) is 0 Å². The number of hydrogen-bond acceptors (Lipinski definition) is 0. The zero-order valence-corrected chi connectivity index (χ0v) is 18.3.